The van der Waals surface area contributed by atoms with E-state index >= 15 is 0 Å². The highest BCUT2D eigenvalue weighted by Gasteiger charge is 2.18. The number of anilines is 1. The van der Waals surface area contributed by atoms with E-state index in [9.17, 15) is 4.79 Å². The highest BCUT2D eigenvalue weighted by atomic mass is 32.1. The summed E-state index contributed by atoms with van der Waals surface area (Å²) in [7, 11) is 1.76. The number of ether oxygens (including phenoxy) is 1. The minimum Gasteiger partial charge on any atom is -0.457 e. The van der Waals surface area contributed by atoms with Crippen LogP contribution in [0.1, 0.15) is 21.6 Å². The van der Waals surface area contributed by atoms with Crippen LogP contribution in [0.25, 0.3) is 0 Å². The van der Waals surface area contributed by atoms with E-state index in [1.165, 1.54) is 11.5 Å². The molecule has 0 saturated carbocycles. The molecule has 1 aromatic carbocycles. The molecule has 2 aromatic rings. The summed E-state index contributed by atoms with van der Waals surface area (Å²) in [5, 5.41) is 3.69. The number of esters is 1. The lowest BCUT2D eigenvalue weighted by Gasteiger charge is -2.05. The van der Waals surface area contributed by atoms with Crippen LogP contribution in [0, 0.1) is 6.92 Å². The molecule has 0 aliphatic heterocycles. The Morgan fingerprint density at radius 1 is 1.39 bits per heavy atom. The Labute approximate surface area is 110 Å². The van der Waals surface area contributed by atoms with E-state index in [-0.39, 0.29) is 12.6 Å². The molecule has 0 fully saturated rings. The molecule has 0 saturated heterocycles. The van der Waals surface area contributed by atoms with E-state index in [4.69, 9.17) is 4.74 Å². The van der Waals surface area contributed by atoms with Crippen molar-refractivity contribution in [2.75, 3.05) is 12.4 Å². The van der Waals surface area contributed by atoms with Crippen molar-refractivity contribution in [2.45, 2.75) is 13.5 Å². The summed E-state index contributed by atoms with van der Waals surface area (Å²) in [5.74, 6) is -0.338. The van der Waals surface area contributed by atoms with Crippen molar-refractivity contribution in [1.29, 1.82) is 0 Å². The number of carbonyl (C=O) groups is 1. The average molecular weight is 262 g/mol. The number of nitrogens with zero attached hydrogens (tertiary/aromatic N) is 1. The predicted octanol–water partition coefficient (Wildman–Crippen LogP) is 2.85. The SMILES string of the molecule is CNc1snc(C)c1C(=O)OCc1ccccc1. The minimum absolute atomic E-state index is 0.276. The standard InChI is InChI=1S/C13H14N2O2S/c1-9-11(12(14-2)18-15-9)13(16)17-8-10-6-4-3-5-7-10/h3-7,14H,8H2,1-2H3. The summed E-state index contributed by atoms with van der Waals surface area (Å²) in [6.45, 7) is 2.08. The lowest BCUT2D eigenvalue weighted by Crippen LogP contribution is -2.08. The third-order valence-corrected chi connectivity index (χ3v) is 3.46. The molecule has 0 aliphatic carbocycles. The van der Waals surface area contributed by atoms with Crippen LogP contribution in [0.15, 0.2) is 30.3 Å². The van der Waals surface area contributed by atoms with Gasteiger partial charge < -0.3 is 10.1 Å². The second-order valence-electron chi connectivity index (χ2n) is 3.78. The van der Waals surface area contributed by atoms with Gasteiger partial charge in [-0.25, -0.2) is 4.79 Å². The first-order chi connectivity index (χ1) is 8.72. The highest BCUT2D eigenvalue weighted by Crippen LogP contribution is 2.24. The summed E-state index contributed by atoms with van der Waals surface area (Å²) in [6.07, 6.45) is 0. The van der Waals surface area contributed by atoms with E-state index in [0.29, 0.717) is 11.3 Å². The van der Waals surface area contributed by atoms with Crippen molar-refractivity contribution in [1.82, 2.24) is 4.37 Å². The molecular formula is C13H14N2O2S. The highest BCUT2D eigenvalue weighted by molar-refractivity contribution is 7.10. The molecular weight excluding hydrogens is 248 g/mol. The molecule has 4 nitrogen and oxygen atoms in total. The summed E-state index contributed by atoms with van der Waals surface area (Å²) in [4.78, 5) is 12.0. The van der Waals surface area contributed by atoms with Crippen LogP contribution in [-0.2, 0) is 11.3 Å². The maximum absolute atomic E-state index is 12.0. The number of rotatable bonds is 4. The normalized spacial score (nSPS) is 10.1. The van der Waals surface area contributed by atoms with Crippen molar-refractivity contribution >= 4 is 22.5 Å². The monoisotopic (exact) mass is 262 g/mol. The first-order valence-corrected chi connectivity index (χ1v) is 6.34. The Morgan fingerprint density at radius 3 is 2.78 bits per heavy atom. The van der Waals surface area contributed by atoms with Crippen molar-refractivity contribution in [3.8, 4) is 0 Å². The summed E-state index contributed by atoms with van der Waals surface area (Å²) < 4.78 is 9.43. The first-order valence-electron chi connectivity index (χ1n) is 5.57. The third-order valence-electron chi connectivity index (χ3n) is 2.51. The molecule has 0 aliphatic rings. The van der Waals surface area contributed by atoms with Crippen LogP contribution in [0.4, 0.5) is 5.00 Å². The van der Waals surface area contributed by atoms with E-state index in [0.717, 1.165) is 10.6 Å². The minimum atomic E-state index is -0.338. The van der Waals surface area contributed by atoms with Crippen molar-refractivity contribution in [2.24, 2.45) is 0 Å². The van der Waals surface area contributed by atoms with Crippen molar-refractivity contribution in [3.63, 3.8) is 0 Å². The molecule has 94 valence electrons. The zero-order valence-electron chi connectivity index (χ0n) is 10.3. The van der Waals surface area contributed by atoms with Crippen LogP contribution >= 0.6 is 11.5 Å². The fourth-order valence-electron chi connectivity index (χ4n) is 1.58. The van der Waals surface area contributed by atoms with Gasteiger partial charge in [-0.2, -0.15) is 4.37 Å². The molecule has 1 heterocycles. The summed E-state index contributed by atoms with van der Waals surface area (Å²) in [5.41, 5.74) is 2.19. The summed E-state index contributed by atoms with van der Waals surface area (Å²) in [6, 6.07) is 9.60. The first kappa shape index (κ1) is 12.6. The van der Waals surface area contributed by atoms with Crippen LogP contribution in [0.5, 0.6) is 0 Å². The molecule has 1 aromatic heterocycles. The molecule has 0 spiro atoms. The number of aryl methyl sites for hydroxylation is 1. The Kier molecular flexibility index (Phi) is 3.94. The smallest absolute Gasteiger partial charge is 0.343 e. The second kappa shape index (κ2) is 5.64. The topological polar surface area (TPSA) is 51.2 Å². The van der Waals surface area contributed by atoms with E-state index in [2.05, 4.69) is 9.69 Å². The average Bonchev–Trinajstić information content (AvgIpc) is 2.78. The Morgan fingerprint density at radius 2 is 2.11 bits per heavy atom. The third kappa shape index (κ3) is 2.68. The molecule has 0 atom stereocenters. The van der Waals surface area contributed by atoms with E-state index in [1.54, 1.807) is 14.0 Å². The molecule has 0 radical (unpaired) electrons. The lowest BCUT2D eigenvalue weighted by atomic mass is 10.2. The molecule has 1 N–H and O–H groups in total. The van der Waals surface area contributed by atoms with Gasteiger partial charge in [-0.1, -0.05) is 30.3 Å². The fourth-order valence-corrected chi connectivity index (χ4v) is 2.31. The zero-order chi connectivity index (χ0) is 13.0. The van der Waals surface area contributed by atoms with Gasteiger partial charge in [-0.05, 0) is 24.0 Å². The quantitative estimate of drug-likeness (QED) is 0.861. The van der Waals surface area contributed by atoms with Crippen molar-refractivity contribution < 1.29 is 9.53 Å². The van der Waals surface area contributed by atoms with Crippen LogP contribution in [0.3, 0.4) is 0 Å². The van der Waals surface area contributed by atoms with Gasteiger partial charge in [0.2, 0.25) is 0 Å². The molecule has 0 bridgehead atoms. The molecule has 5 heteroatoms. The van der Waals surface area contributed by atoms with Crippen LogP contribution in [-0.4, -0.2) is 17.4 Å². The number of carbonyl (C=O) groups excluding carboxylic acids is 1. The zero-order valence-corrected chi connectivity index (χ0v) is 11.1. The van der Waals surface area contributed by atoms with E-state index < -0.39 is 0 Å². The van der Waals surface area contributed by atoms with Crippen molar-refractivity contribution in [3.05, 3.63) is 47.2 Å². The lowest BCUT2D eigenvalue weighted by molar-refractivity contribution is 0.0473. The number of benzene rings is 1. The number of nitrogens with one attached hydrogen (secondary N) is 1. The molecule has 0 unspecified atom stereocenters. The Balaban J connectivity index is 2.06. The van der Waals surface area contributed by atoms with Gasteiger partial charge in [0.1, 0.15) is 17.2 Å². The largest absolute Gasteiger partial charge is 0.457 e. The maximum atomic E-state index is 12.0. The van der Waals surface area contributed by atoms with Gasteiger partial charge in [0.05, 0.1) is 5.69 Å². The Bertz CT molecular complexity index is 537. The number of aromatic nitrogens is 1. The molecule has 2 rings (SSSR count). The van der Waals surface area contributed by atoms with Gasteiger partial charge in [0.15, 0.2) is 0 Å². The predicted molar refractivity (Wildman–Crippen MR) is 72.0 cm³/mol. The number of hydrogen-bond donors (Lipinski definition) is 1. The van der Waals surface area contributed by atoms with Crippen LogP contribution in [0.2, 0.25) is 0 Å². The van der Waals surface area contributed by atoms with Gasteiger partial charge in [0, 0.05) is 7.05 Å². The fraction of sp³-hybridized carbons (Fsp3) is 0.231. The van der Waals surface area contributed by atoms with Gasteiger partial charge in [0.25, 0.3) is 0 Å². The Hall–Kier alpha value is -1.88. The van der Waals surface area contributed by atoms with E-state index in [1.807, 2.05) is 30.3 Å². The molecule has 0 amide bonds. The van der Waals surface area contributed by atoms with Gasteiger partial charge >= 0.3 is 5.97 Å². The van der Waals surface area contributed by atoms with Gasteiger partial charge in [-0.15, -0.1) is 0 Å². The summed E-state index contributed by atoms with van der Waals surface area (Å²) >= 11 is 1.26. The number of hydrogen-bond acceptors (Lipinski definition) is 5. The second-order valence-corrected chi connectivity index (χ2v) is 4.56. The molecule has 18 heavy (non-hydrogen) atoms. The van der Waals surface area contributed by atoms with Gasteiger partial charge in [-0.3, -0.25) is 0 Å². The van der Waals surface area contributed by atoms with Crippen LogP contribution < -0.4 is 5.32 Å². The maximum Gasteiger partial charge on any atom is 0.343 e.